The van der Waals surface area contributed by atoms with Crippen LogP contribution in [0.15, 0.2) is 11.4 Å². The summed E-state index contributed by atoms with van der Waals surface area (Å²) in [5, 5.41) is 2.33. The molecule has 0 aliphatic carbocycles. The van der Waals surface area contributed by atoms with E-state index in [0.717, 1.165) is 11.2 Å². The van der Waals surface area contributed by atoms with E-state index >= 15 is 0 Å². The predicted octanol–water partition coefficient (Wildman–Crippen LogP) is 5.62. The molecular formula is C17H30OSSn. The van der Waals surface area contributed by atoms with Crippen molar-refractivity contribution in [1.82, 2.24) is 0 Å². The minimum atomic E-state index is -2.25. The Morgan fingerprint density at radius 1 is 1.00 bits per heavy atom. The summed E-state index contributed by atoms with van der Waals surface area (Å²) in [6, 6.07) is 2.24. The van der Waals surface area contributed by atoms with Crippen molar-refractivity contribution in [2.24, 2.45) is 0 Å². The molecule has 20 heavy (non-hydrogen) atoms. The van der Waals surface area contributed by atoms with Crippen LogP contribution in [0, 0.1) is 0 Å². The first-order valence-electron chi connectivity index (χ1n) is 8.26. The molecule has 1 heterocycles. The van der Waals surface area contributed by atoms with Crippen LogP contribution in [0.1, 0.15) is 69.0 Å². The van der Waals surface area contributed by atoms with Crippen molar-refractivity contribution < 1.29 is 4.79 Å². The Morgan fingerprint density at radius 3 is 1.85 bits per heavy atom. The maximum absolute atomic E-state index is 11.0. The van der Waals surface area contributed by atoms with E-state index < -0.39 is 18.4 Å². The summed E-state index contributed by atoms with van der Waals surface area (Å²) in [6.07, 6.45) is 9.11. The Hall–Kier alpha value is 0.169. The van der Waals surface area contributed by atoms with Gasteiger partial charge in [-0.1, -0.05) is 0 Å². The van der Waals surface area contributed by atoms with Crippen molar-refractivity contribution in [3.63, 3.8) is 0 Å². The number of thiophene rings is 1. The van der Waals surface area contributed by atoms with Gasteiger partial charge in [0.05, 0.1) is 0 Å². The van der Waals surface area contributed by atoms with E-state index in [1.165, 1.54) is 51.8 Å². The molecule has 3 heteroatoms. The number of carbonyl (C=O) groups excluding carboxylic acids is 1. The van der Waals surface area contributed by atoms with Gasteiger partial charge in [0.2, 0.25) is 0 Å². The fourth-order valence-corrected chi connectivity index (χ4v) is 21.6. The fourth-order valence-electron chi connectivity index (χ4n) is 3.05. The Bertz CT molecular complexity index is 364. The van der Waals surface area contributed by atoms with Gasteiger partial charge >= 0.3 is 133 Å². The average Bonchev–Trinajstić information content (AvgIpc) is 2.96. The van der Waals surface area contributed by atoms with E-state index in [0.29, 0.717) is 0 Å². The minimum absolute atomic E-state index is 0.936. The van der Waals surface area contributed by atoms with Gasteiger partial charge in [-0.05, 0) is 0 Å². The van der Waals surface area contributed by atoms with Crippen molar-refractivity contribution in [3.8, 4) is 0 Å². The van der Waals surface area contributed by atoms with Crippen molar-refractivity contribution in [1.29, 1.82) is 0 Å². The van der Waals surface area contributed by atoms with Gasteiger partial charge in [0.1, 0.15) is 0 Å². The molecule has 0 aliphatic heterocycles. The van der Waals surface area contributed by atoms with Crippen molar-refractivity contribution >= 4 is 39.6 Å². The van der Waals surface area contributed by atoms with Gasteiger partial charge in [0.15, 0.2) is 0 Å². The van der Waals surface area contributed by atoms with E-state index in [-0.39, 0.29) is 0 Å². The molecule has 114 valence electrons. The molecule has 0 amide bonds. The summed E-state index contributed by atoms with van der Waals surface area (Å²) in [5.41, 5.74) is 0. The third kappa shape index (κ3) is 5.18. The van der Waals surface area contributed by atoms with Gasteiger partial charge in [-0.25, -0.2) is 0 Å². The molecular weight excluding hydrogens is 371 g/mol. The van der Waals surface area contributed by atoms with Crippen LogP contribution in [-0.2, 0) is 0 Å². The molecule has 0 saturated heterocycles. The second kappa shape index (κ2) is 9.99. The van der Waals surface area contributed by atoms with Gasteiger partial charge in [-0.2, -0.15) is 0 Å². The Balaban J connectivity index is 3.00. The van der Waals surface area contributed by atoms with Crippen LogP contribution >= 0.6 is 11.3 Å². The van der Waals surface area contributed by atoms with Crippen molar-refractivity contribution in [2.75, 3.05) is 0 Å². The van der Waals surface area contributed by atoms with Crippen molar-refractivity contribution in [3.05, 3.63) is 16.3 Å². The normalized spacial score (nSPS) is 11.8. The molecule has 0 radical (unpaired) electrons. The van der Waals surface area contributed by atoms with Crippen molar-refractivity contribution in [2.45, 2.75) is 72.6 Å². The van der Waals surface area contributed by atoms with Crippen LogP contribution in [0.25, 0.3) is 0 Å². The summed E-state index contributed by atoms with van der Waals surface area (Å²) >= 11 is -0.586. The van der Waals surface area contributed by atoms with E-state index in [1.54, 1.807) is 14.9 Å². The first-order valence-corrected chi connectivity index (χ1v) is 16.6. The number of unbranched alkanes of at least 4 members (excludes halogenated alkanes) is 3. The zero-order chi connectivity index (χ0) is 14.8. The predicted molar refractivity (Wildman–Crippen MR) is 94.2 cm³/mol. The van der Waals surface area contributed by atoms with Gasteiger partial charge in [-0.3, -0.25) is 0 Å². The quantitative estimate of drug-likeness (QED) is 0.348. The van der Waals surface area contributed by atoms with Gasteiger partial charge in [-0.15, -0.1) is 0 Å². The molecule has 0 unspecified atom stereocenters. The number of aldehydes is 1. The van der Waals surface area contributed by atoms with E-state index in [9.17, 15) is 4.79 Å². The Morgan fingerprint density at radius 2 is 1.50 bits per heavy atom. The molecule has 0 atom stereocenters. The molecule has 0 spiro atoms. The summed E-state index contributed by atoms with van der Waals surface area (Å²) in [7, 11) is 0. The van der Waals surface area contributed by atoms with Crippen LogP contribution in [0.4, 0.5) is 0 Å². The van der Waals surface area contributed by atoms with Crippen LogP contribution in [0.2, 0.25) is 13.3 Å². The van der Waals surface area contributed by atoms with Crippen LogP contribution in [0.3, 0.4) is 0 Å². The molecule has 0 bridgehead atoms. The van der Waals surface area contributed by atoms with Crippen LogP contribution in [0.5, 0.6) is 0 Å². The topological polar surface area (TPSA) is 17.1 Å². The first-order chi connectivity index (χ1) is 9.72. The van der Waals surface area contributed by atoms with E-state index in [2.05, 4.69) is 32.2 Å². The van der Waals surface area contributed by atoms with Gasteiger partial charge in [0.25, 0.3) is 0 Å². The molecule has 1 aromatic heterocycles. The summed E-state index contributed by atoms with van der Waals surface area (Å²) in [4.78, 5) is 12.0. The molecule has 1 rings (SSSR count). The molecule has 0 saturated carbocycles. The summed E-state index contributed by atoms with van der Waals surface area (Å²) < 4.78 is 6.10. The average molecular weight is 401 g/mol. The number of carbonyl (C=O) groups is 1. The molecule has 0 fully saturated rings. The molecule has 0 N–H and O–H groups in total. The molecule has 0 aromatic carbocycles. The van der Waals surface area contributed by atoms with E-state index in [1.807, 2.05) is 0 Å². The summed E-state index contributed by atoms with van der Waals surface area (Å²) in [5.74, 6) is 0. The zero-order valence-electron chi connectivity index (χ0n) is 13.4. The monoisotopic (exact) mass is 402 g/mol. The van der Waals surface area contributed by atoms with Crippen LogP contribution < -0.4 is 3.58 Å². The SMILES string of the molecule is CCC[CH2][Sn]([CH2]CCC)([CH2]CCC)[c]1csc(C=O)c1. The third-order valence-corrected chi connectivity index (χ3v) is 21.4. The summed E-state index contributed by atoms with van der Waals surface area (Å²) in [6.45, 7) is 6.92. The zero-order valence-corrected chi connectivity index (χ0v) is 17.1. The van der Waals surface area contributed by atoms with Gasteiger partial charge in [0, 0.05) is 0 Å². The van der Waals surface area contributed by atoms with E-state index in [4.69, 9.17) is 0 Å². The number of rotatable bonds is 11. The maximum atomic E-state index is 11.0. The molecule has 1 nitrogen and oxygen atoms in total. The first kappa shape index (κ1) is 18.2. The Kier molecular flexibility index (Phi) is 9.10. The third-order valence-electron chi connectivity index (χ3n) is 4.37. The number of hydrogen-bond donors (Lipinski definition) is 0. The molecule has 1 aromatic rings. The standard InChI is InChI=1S/C5H3OS.3C4H9.Sn/c6-4-5-2-1-3-7-5;3*1-3-4-2;/h2-4H;3*1,3-4H2,2H3;. The molecule has 0 aliphatic rings. The second-order valence-electron chi connectivity index (χ2n) is 5.95. The Labute approximate surface area is 133 Å². The fraction of sp³-hybridized carbons (Fsp3) is 0.706. The number of hydrogen-bond acceptors (Lipinski definition) is 2. The van der Waals surface area contributed by atoms with Crippen LogP contribution in [-0.4, -0.2) is 24.7 Å². The van der Waals surface area contributed by atoms with Gasteiger partial charge < -0.3 is 0 Å². The second-order valence-corrected chi connectivity index (χ2v) is 20.1.